The molecule has 0 aliphatic carbocycles. The number of nitriles is 1. The lowest BCUT2D eigenvalue weighted by atomic mass is 10.2. The van der Waals surface area contributed by atoms with E-state index in [9.17, 15) is 4.79 Å². The van der Waals surface area contributed by atoms with E-state index < -0.39 is 0 Å². The number of anilines is 1. The average Bonchev–Trinajstić information content (AvgIpc) is 3.05. The molecule has 6 heteroatoms. The Balaban J connectivity index is 1.60. The molecule has 0 saturated heterocycles. The second-order valence-corrected chi connectivity index (χ2v) is 5.29. The zero-order valence-electron chi connectivity index (χ0n) is 10.7. The minimum atomic E-state index is -0.0605. The molecule has 1 N–H and O–H groups in total. The summed E-state index contributed by atoms with van der Waals surface area (Å²) in [6.45, 7) is 1.66. The monoisotopic (exact) mass is 284 g/mol. The van der Waals surface area contributed by atoms with Crippen LogP contribution in [0.15, 0.2) is 40.4 Å². The molecule has 20 heavy (non-hydrogen) atoms. The van der Waals surface area contributed by atoms with Crippen LogP contribution >= 0.6 is 11.8 Å². The number of hydrogen-bond donors (Lipinski definition) is 1. The van der Waals surface area contributed by atoms with Gasteiger partial charge in [-0.3, -0.25) is 9.79 Å². The van der Waals surface area contributed by atoms with Crippen molar-refractivity contribution in [2.75, 3.05) is 18.4 Å². The van der Waals surface area contributed by atoms with Crippen LogP contribution in [0.3, 0.4) is 0 Å². The topological polar surface area (TPSA) is 68.5 Å². The summed E-state index contributed by atoms with van der Waals surface area (Å²) in [7, 11) is 0. The van der Waals surface area contributed by atoms with Gasteiger partial charge < -0.3 is 10.2 Å². The quantitative estimate of drug-likeness (QED) is 0.923. The van der Waals surface area contributed by atoms with Crippen molar-refractivity contribution in [2.45, 2.75) is 6.42 Å². The van der Waals surface area contributed by atoms with Gasteiger partial charge in [0.2, 0.25) is 5.91 Å². The van der Waals surface area contributed by atoms with Crippen LogP contribution in [0.5, 0.6) is 0 Å². The largest absolute Gasteiger partial charge is 0.326 e. The first-order chi connectivity index (χ1) is 9.76. The molecule has 0 atom stereocenters. The highest BCUT2D eigenvalue weighted by molar-refractivity contribution is 8.16. The first-order valence-corrected chi connectivity index (χ1v) is 7.12. The zero-order valence-corrected chi connectivity index (χ0v) is 11.5. The van der Waals surface area contributed by atoms with Crippen LogP contribution in [0.4, 0.5) is 5.69 Å². The molecule has 100 valence electrons. The highest BCUT2D eigenvalue weighted by atomic mass is 32.2. The normalized spacial score (nSPS) is 16.2. The highest BCUT2D eigenvalue weighted by Gasteiger charge is 2.27. The summed E-state index contributed by atoms with van der Waals surface area (Å²) >= 11 is 1.57. The predicted molar refractivity (Wildman–Crippen MR) is 79.1 cm³/mol. The smallest absolute Gasteiger partial charge is 0.230 e. The van der Waals surface area contributed by atoms with Crippen molar-refractivity contribution in [3.8, 4) is 6.07 Å². The molecule has 2 heterocycles. The van der Waals surface area contributed by atoms with Gasteiger partial charge in [0.15, 0.2) is 5.17 Å². The molecule has 0 saturated carbocycles. The van der Waals surface area contributed by atoms with E-state index in [0.717, 1.165) is 24.0 Å². The minimum Gasteiger partial charge on any atom is -0.326 e. The van der Waals surface area contributed by atoms with Crippen LogP contribution in [0.2, 0.25) is 0 Å². The molecule has 1 aromatic rings. The van der Waals surface area contributed by atoms with Crippen molar-refractivity contribution in [3.05, 3.63) is 40.9 Å². The fourth-order valence-corrected chi connectivity index (χ4v) is 3.07. The number of carbonyl (C=O) groups is 1. The Bertz CT molecular complexity index is 642. The fourth-order valence-electron chi connectivity index (χ4n) is 2.11. The summed E-state index contributed by atoms with van der Waals surface area (Å²) < 4.78 is 0. The SMILES string of the molecule is N#Cc1ccc(NC(=O)CC2=CSC3=NCCN23)cc1. The van der Waals surface area contributed by atoms with Crippen LogP contribution in [0.25, 0.3) is 0 Å². The van der Waals surface area contributed by atoms with Gasteiger partial charge in [0.25, 0.3) is 0 Å². The second-order valence-electron chi connectivity index (χ2n) is 4.46. The molecular weight excluding hydrogens is 272 g/mol. The van der Waals surface area contributed by atoms with E-state index in [2.05, 4.69) is 15.2 Å². The Morgan fingerprint density at radius 2 is 2.25 bits per heavy atom. The van der Waals surface area contributed by atoms with Gasteiger partial charge >= 0.3 is 0 Å². The van der Waals surface area contributed by atoms with Crippen LogP contribution in [0, 0.1) is 11.3 Å². The van der Waals surface area contributed by atoms with Crippen LogP contribution in [-0.4, -0.2) is 29.1 Å². The fraction of sp³-hybridized carbons (Fsp3) is 0.214. The number of benzene rings is 1. The first kappa shape index (κ1) is 12.8. The number of hydrogen-bond acceptors (Lipinski definition) is 5. The number of carbonyl (C=O) groups excluding carboxylic acids is 1. The van der Waals surface area contributed by atoms with E-state index in [1.54, 1.807) is 36.0 Å². The molecule has 0 unspecified atom stereocenters. The van der Waals surface area contributed by atoms with Gasteiger partial charge in [0, 0.05) is 17.9 Å². The lowest BCUT2D eigenvalue weighted by molar-refractivity contribution is -0.115. The van der Waals surface area contributed by atoms with Crippen molar-refractivity contribution in [3.63, 3.8) is 0 Å². The first-order valence-electron chi connectivity index (χ1n) is 6.24. The number of rotatable bonds is 3. The van der Waals surface area contributed by atoms with E-state index in [0.29, 0.717) is 17.7 Å². The number of nitrogens with one attached hydrogen (secondary N) is 1. The third kappa shape index (κ3) is 2.53. The number of amidine groups is 1. The van der Waals surface area contributed by atoms with Crippen LogP contribution in [-0.2, 0) is 4.79 Å². The third-order valence-corrected chi connectivity index (χ3v) is 4.04. The third-order valence-electron chi connectivity index (χ3n) is 3.09. The Hall–Kier alpha value is -2.26. The van der Waals surface area contributed by atoms with E-state index in [-0.39, 0.29) is 5.91 Å². The molecule has 2 aliphatic rings. The number of thioether (sulfide) groups is 1. The lowest BCUT2D eigenvalue weighted by Gasteiger charge is -2.16. The van der Waals surface area contributed by atoms with Crippen molar-refractivity contribution < 1.29 is 4.79 Å². The summed E-state index contributed by atoms with van der Waals surface area (Å²) in [5, 5.41) is 14.5. The predicted octanol–water partition coefficient (Wildman–Crippen LogP) is 2.15. The minimum absolute atomic E-state index is 0.0605. The zero-order chi connectivity index (χ0) is 13.9. The molecule has 3 rings (SSSR count). The number of nitrogens with zero attached hydrogens (tertiary/aromatic N) is 3. The molecule has 0 aromatic heterocycles. The Morgan fingerprint density at radius 1 is 1.45 bits per heavy atom. The van der Waals surface area contributed by atoms with Crippen molar-refractivity contribution >= 4 is 28.5 Å². The molecule has 0 spiro atoms. The highest BCUT2D eigenvalue weighted by Crippen LogP contribution is 2.30. The van der Waals surface area contributed by atoms with E-state index in [1.807, 2.05) is 11.5 Å². The molecule has 5 nitrogen and oxygen atoms in total. The Morgan fingerprint density at radius 3 is 3.00 bits per heavy atom. The Labute approximate surface area is 121 Å². The molecule has 1 amide bonds. The molecule has 0 bridgehead atoms. The van der Waals surface area contributed by atoms with Crippen LogP contribution in [0.1, 0.15) is 12.0 Å². The van der Waals surface area contributed by atoms with Gasteiger partial charge in [0.05, 0.1) is 24.6 Å². The summed E-state index contributed by atoms with van der Waals surface area (Å²) in [6, 6.07) is 8.89. The number of fused-ring (bicyclic) bond motifs is 1. The van der Waals surface area contributed by atoms with Crippen molar-refractivity contribution in [1.82, 2.24) is 4.90 Å². The summed E-state index contributed by atoms with van der Waals surface area (Å²) in [5.41, 5.74) is 2.28. The van der Waals surface area contributed by atoms with Crippen LogP contribution < -0.4 is 5.32 Å². The molecular formula is C14H12N4OS. The van der Waals surface area contributed by atoms with Gasteiger partial charge in [-0.25, -0.2) is 0 Å². The summed E-state index contributed by atoms with van der Waals surface area (Å²) in [6.07, 6.45) is 0.339. The Kier molecular flexibility index (Phi) is 3.44. The van der Waals surface area contributed by atoms with Crippen molar-refractivity contribution in [1.29, 1.82) is 5.26 Å². The number of aliphatic imine (C=N–C) groups is 1. The van der Waals surface area contributed by atoms with E-state index in [4.69, 9.17) is 5.26 Å². The summed E-state index contributed by atoms with van der Waals surface area (Å²) in [5.74, 6) is -0.0605. The maximum absolute atomic E-state index is 12.0. The second kappa shape index (κ2) is 5.39. The van der Waals surface area contributed by atoms with Gasteiger partial charge in [0.1, 0.15) is 0 Å². The van der Waals surface area contributed by atoms with Gasteiger partial charge in [-0.2, -0.15) is 5.26 Å². The van der Waals surface area contributed by atoms with E-state index >= 15 is 0 Å². The van der Waals surface area contributed by atoms with Crippen molar-refractivity contribution in [2.24, 2.45) is 4.99 Å². The molecule has 0 radical (unpaired) electrons. The molecule has 0 fully saturated rings. The van der Waals surface area contributed by atoms with E-state index in [1.165, 1.54) is 0 Å². The maximum atomic E-state index is 12.0. The van der Waals surface area contributed by atoms with Gasteiger partial charge in [-0.05, 0) is 29.7 Å². The summed E-state index contributed by atoms with van der Waals surface area (Å²) in [4.78, 5) is 18.5. The number of amides is 1. The standard InChI is InChI=1S/C14H12N4OS/c15-8-10-1-3-11(4-2-10)17-13(19)7-12-9-20-14-16-5-6-18(12)14/h1-4,9H,5-7H2,(H,17,19). The lowest BCUT2D eigenvalue weighted by Crippen LogP contribution is -2.24. The average molecular weight is 284 g/mol. The maximum Gasteiger partial charge on any atom is 0.230 e. The molecule has 2 aliphatic heterocycles. The van der Waals surface area contributed by atoms with Gasteiger partial charge in [-0.1, -0.05) is 11.8 Å². The van der Waals surface area contributed by atoms with Gasteiger partial charge in [-0.15, -0.1) is 0 Å². The molecule has 1 aromatic carbocycles.